The molecule has 0 unspecified atom stereocenters. The fourth-order valence-electron chi connectivity index (χ4n) is 2.72. The summed E-state index contributed by atoms with van der Waals surface area (Å²) in [7, 11) is 2.73. The maximum absolute atomic E-state index is 13.3. The average Bonchev–Trinajstić information content (AvgIpc) is 2.79. The highest BCUT2D eigenvalue weighted by molar-refractivity contribution is 9.10. The number of hydrogen-bond acceptors (Lipinski definition) is 6. The van der Waals surface area contributed by atoms with Crippen LogP contribution in [0.25, 0.3) is 0 Å². The van der Waals surface area contributed by atoms with Crippen molar-refractivity contribution in [3.63, 3.8) is 0 Å². The van der Waals surface area contributed by atoms with Crippen LogP contribution in [0.3, 0.4) is 0 Å². The van der Waals surface area contributed by atoms with Gasteiger partial charge in [0.15, 0.2) is 0 Å². The molecule has 0 saturated heterocycles. The van der Waals surface area contributed by atoms with Crippen LogP contribution < -0.4 is 14.8 Å². The van der Waals surface area contributed by atoms with Crippen LogP contribution in [0.4, 0.5) is 4.39 Å². The fraction of sp³-hybridized carbons (Fsp3) is 0.136. The van der Waals surface area contributed by atoms with Gasteiger partial charge < -0.3 is 19.5 Å². The monoisotopic (exact) mass is 488 g/mol. The standard InChI is InChI=1S/C22H18BrFN2O5/c1-29-18-7-5-13(10-16(18)22(28)30-2)12-26-20(27)15-4-3-9-25-21(15)31-19-8-6-14(24)11-17(19)23/h3-11H,12H2,1-2H3,(H,26,27). The molecule has 9 heteroatoms. The molecule has 0 radical (unpaired) electrons. The van der Waals surface area contributed by atoms with E-state index in [1.807, 2.05) is 0 Å². The number of amides is 1. The van der Waals surface area contributed by atoms with Crippen LogP contribution in [-0.2, 0) is 11.3 Å². The molecule has 31 heavy (non-hydrogen) atoms. The highest BCUT2D eigenvalue weighted by Gasteiger charge is 2.17. The number of nitrogens with zero attached hydrogens (tertiary/aromatic N) is 1. The lowest BCUT2D eigenvalue weighted by Crippen LogP contribution is -2.23. The van der Waals surface area contributed by atoms with Crippen LogP contribution in [0.2, 0.25) is 0 Å². The van der Waals surface area contributed by atoms with Crippen LogP contribution in [0, 0.1) is 5.82 Å². The third-order valence-electron chi connectivity index (χ3n) is 4.24. The average molecular weight is 489 g/mol. The van der Waals surface area contributed by atoms with E-state index in [1.165, 1.54) is 38.6 Å². The Labute approximate surface area is 186 Å². The second-order valence-electron chi connectivity index (χ2n) is 6.24. The highest BCUT2D eigenvalue weighted by Crippen LogP contribution is 2.30. The number of rotatable bonds is 7. The number of benzene rings is 2. The highest BCUT2D eigenvalue weighted by atomic mass is 79.9. The first-order valence-electron chi connectivity index (χ1n) is 9.04. The van der Waals surface area contributed by atoms with E-state index in [2.05, 4.69) is 26.2 Å². The molecule has 1 amide bonds. The Morgan fingerprint density at radius 3 is 2.55 bits per heavy atom. The molecule has 3 aromatic rings. The third kappa shape index (κ3) is 5.37. The Morgan fingerprint density at radius 2 is 1.84 bits per heavy atom. The topological polar surface area (TPSA) is 86.8 Å². The molecule has 1 heterocycles. The normalized spacial score (nSPS) is 10.3. The molecule has 1 N–H and O–H groups in total. The second-order valence-corrected chi connectivity index (χ2v) is 7.10. The van der Waals surface area contributed by atoms with Crippen molar-refractivity contribution in [1.29, 1.82) is 0 Å². The van der Waals surface area contributed by atoms with Crippen molar-refractivity contribution in [1.82, 2.24) is 10.3 Å². The summed E-state index contributed by atoms with van der Waals surface area (Å²) < 4.78 is 29.3. The summed E-state index contributed by atoms with van der Waals surface area (Å²) in [6, 6.07) is 12.0. The minimum absolute atomic E-state index is 0.0669. The summed E-state index contributed by atoms with van der Waals surface area (Å²) >= 11 is 3.22. The van der Waals surface area contributed by atoms with E-state index >= 15 is 0 Å². The van der Waals surface area contributed by atoms with Crippen molar-refractivity contribution in [2.75, 3.05) is 14.2 Å². The van der Waals surface area contributed by atoms with Gasteiger partial charge in [-0.2, -0.15) is 0 Å². The van der Waals surface area contributed by atoms with Crippen LogP contribution in [-0.4, -0.2) is 31.1 Å². The van der Waals surface area contributed by atoms with Crippen molar-refractivity contribution in [2.45, 2.75) is 6.54 Å². The molecule has 0 spiro atoms. The van der Waals surface area contributed by atoms with E-state index in [9.17, 15) is 14.0 Å². The molecule has 0 fully saturated rings. The van der Waals surface area contributed by atoms with Gasteiger partial charge in [-0.1, -0.05) is 6.07 Å². The van der Waals surface area contributed by atoms with E-state index in [4.69, 9.17) is 14.2 Å². The molecule has 3 rings (SSSR count). The summed E-state index contributed by atoms with van der Waals surface area (Å²) in [6.45, 7) is 0.140. The zero-order valence-corrected chi connectivity index (χ0v) is 18.2. The third-order valence-corrected chi connectivity index (χ3v) is 4.86. The van der Waals surface area contributed by atoms with Crippen molar-refractivity contribution < 1.29 is 28.2 Å². The summed E-state index contributed by atoms with van der Waals surface area (Å²) in [5.74, 6) is -0.655. The smallest absolute Gasteiger partial charge is 0.341 e. The van der Waals surface area contributed by atoms with Crippen molar-refractivity contribution >= 4 is 27.8 Å². The van der Waals surface area contributed by atoms with E-state index in [1.54, 1.807) is 30.3 Å². The first kappa shape index (κ1) is 22.2. The number of pyridine rings is 1. The molecule has 0 bridgehead atoms. The number of hydrogen-bond donors (Lipinski definition) is 1. The number of carbonyl (C=O) groups is 2. The Bertz CT molecular complexity index is 1120. The summed E-state index contributed by atoms with van der Waals surface area (Å²) in [5, 5.41) is 2.76. The van der Waals surface area contributed by atoms with Gasteiger partial charge in [0.05, 0.1) is 18.7 Å². The molecular weight excluding hydrogens is 471 g/mol. The van der Waals surface area contributed by atoms with Crippen molar-refractivity contribution in [3.05, 3.63) is 81.7 Å². The van der Waals surface area contributed by atoms with E-state index in [0.717, 1.165) is 0 Å². The largest absolute Gasteiger partial charge is 0.496 e. The van der Waals surface area contributed by atoms with Crippen LogP contribution in [0.1, 0.15) is 26.3 Å². The predicted molar refractivity (Wildman–Crippen MR) is 114 cm³/mol. The summed E-state index contributed by atoms with van der Waals surface area (Å²) in [6.07, 6.45) is 1.48. The van der Waals surface area contributed by atoms with E-state index in [-0.39, 0.29) is 23.6 Å². The first-order chi connectivity index (χ1) is 14.9. The van der Waals surface area contributed by atoms with Gasteiger partial charge in [-0.3, -0.25) is 4.79 Å². The van der Waals surface area contributed by atoms with Crippen molar-refractivity contribution in [3.8, 4) is 17.4 Å². The lowest BCUT2D eigenvalue weighted by molar-refractivity contribution is 0.0597. The van der Waals surface area contributed by atoms with Gasteiger partial charge in [-0.15, -0.1) is 0 Å². The fourth-order valence-corrected chi connectivity index (χ4v) is 3.15. The van der Waals surface area contributed by atoms with Gasteiger partial charge in [0.2, 0.25) is 5.88 Å². The number of esters is 1. The van der Waals surface area contributed by atoms with Crippen LogP contribution in [0.5, 0.6) is 17.4 Å². The SMILES string of the molecule is COC(=O)c1cc(CNC(=O)c2cccnc2Oc2ccc(F)cc2Br)ccc1OC. The van der Waals surface area contributed by atoms with Gasteiger partial charge in [0.1, 0.15) is 28.4 Å². The van der Waals surface area contributed by atoms with E-state index in [0.29, 0.717) is 21.5 Å². The molecule has 0 saturated carbocycles. The Hall–Kier alpha value is -3.46. The quantitative estimate of drug-likeness (QED) is 0.492. The maximum Gasteiger partial charge on any atom is 0.341 e. The molecule has 2 aromatic carbocycles. The zero-order valence-electron chi connectivity index (χ0n) is 16.6. The minimum Gasteiger partial charge on any atom is -0.496 e. The molecule has 0 atom stereocenters. The molecule has 160 valence electrons. The van der Waals surface area contributed by atoms with Gasteiger partial charge in [-0.05, 0) is 64.0 Å². The second kappa shape index (κ2) is 10.0. The predicted octanol–water partition coefficient (Wildman–Crippen LogP) is 4.50. The molecule has 0 aliphatic carbocycles. The van der Waals surface area contributed by atoms with Crippen LogP contribution >= 0.6 is 15.9 Å². The molecule has 7 nitrogen and oxygen atoms in total. The molecule has 0 aliphatic heterocycles. The number of aromatic nitrogens is 1. The Kier molecular flexibility index (Phi) is 7.19. The van der Waals surface area contributed by atoms with Gasteiger partial charge >= 0.3 is 5.97 Å². The molecular formula is C22H18BrFN2O5. The molecule has 1 aromatic heterocycles. The first-order valence-corrected chi connectivity index (χ1v) is 9.83. The lowest BCUT2D eigenvalue weighted by atomic mass is 10.1. The minimum atomic E-state index is -0.544. The Balaban J connectivity index is 1.77. The molecule has 0 aliphatic rings. The summed E-state index contributed by atoms with van der Waals surface area (Å²) in [5.41, 5.74) is 1.12. The lowest BCUT2D eigenvalue weighted by Gasteiger charge is -2.12. The number of ether oxygens (including phenoxy) is 3. The van der Waals surface area contributed by atoms with Gasteiger partial charge in [0, 0.05) is 12.7 Å². The number of methoxy groups -OCH3 is 2. The maximum atomic E-state index is 13.3. The number of carbonyl (C=O) groups excluding carboxylic acids is 2. The van der Waals surface area contributed by atoms with Gasteiger partial charge in [-0.25, -0.2) is 14.2 Å². The Morgan fingerprint density at radius 1 is 1.06 bits per heavy atom. The van der Waals surface area contributed by atoms with Gasteiger partial charge in [0.25, 0.3) is 5.91 Å². The number of halogens is 2. The summed E-state index contributed by atoms with van der Waals surface area (Å²) in [4.78, 5) is 28.8. The van der Waals surface area contributed by atoms with E-state index < -0.39 is 17.7 Å². The van der Waals surface area contributed by atoms with Crippen molar-refractivity contribution in [2.24, 2.45) is 0 Å². The van der Waals surface area contributed by atoms with Crippen LogP contribution in [0.15, 0.2) is 59.2 Å². The zero-order chi connectivity index (χ0) is 22.4. The number of nitrogens with one attached hydrogen (secondary N) is 1.